The first-order valence-corrected chi connectivity index (χ1v) is 46.1. The van der Waals surface area contributed by atoms with Crippen molar-refractivity contribution in [2.45, 2.75) is 464 Å². The van der Waals surface area contributed by atoms with E-state index < -0.39 is 97.5 Å². The van der Waals surface area contributed by atoms with Gasteiger partial charge in [0.1, 0.15) is 19.3 Å². The Bertz CT molecular complexity index is 1940. The summed E-state index contributed by atoms with van der Waals surface area (Å²) < 4.78 is 68.8. The van der Waals surface area contributed by atoms with E-state index in [-0.39, 0.29) is 25.7 Å². The predicted molar refractivity (Wildman–Crippen MR) is 418 cm³/mol. The van der Waals surface area contributed by atoms with E-state index >= 15 is 0 Å². The van der Waals surface area contributed by atoms with Crippen LogP contribution in [0.2, 0.25) is 0 Å². The summed E-state index contributed by atoms with van der Waals surface area (Å²) in [5.41, 5.74) is 0. The maximum absolute atomic E-state index is 13.1. The minimum atomic E-state index is -4.96. The molecule has 0 aliphatic heterocycles. The van der Waals surface area contributed by atoms with E-state index in [9.17, 15) is 43.2 Å². The summed E-state index contributed by atoms with van der Waals surface area (Å²) in [6.45, 7) is 7.38. The molecule has 0 aromatic rings. The normalized spacial score (nSPS) is 13.8. The Balaban J connectivity index is 5.26. The average Bonchev–Trinajstić information content (AvgIpc) is 0.917. The highest BCUT2D eigenvalue weighted by atomic mass is 31.2. The van der Waals surface area contributed by atoms with Crippen LogP contribution in [0.4, 0.5) is 0 Å². The molecule has 102 heavy (non-hydrogen) atoms. The number of carbonyl (C=O) groups excluding carboxylic acids is 4. The number of rotatable bonds is 83. The molecule has 0 aromatic carbocycles. The number of phosphoric ester groups is 2. The summed E-state index contributed by atoms with van der Waals surface area (Å²) in [5, 5.41) is 10.7. The van der Waals surface area contributed by atoms with Crippen molar-refractivity contribution in [3.8, 4) is 0 Å². The van der Waals surface area contributed by atoms with E-state index in [1.165, 1.54) is 270 Å². The predicted octanol–water partition coefficient (Wildman–Crippen LogP) is 25.2. The lowest BCUT2D eigenvalue weighted by Crippen LogP contribution is -2.30. The average molecular weight is 1490 g/mol. The van der Waals surface area contributed by atoms with Gasteiger partial charge in [0.2, 0.25) is 0 Å². The van der Waals surface area contributed by atoms with Crippen molar-refractivity contribution in [2.75, 3.05) is 39.6 Å². The molecule has 0 aliphatic carbocycles. The van der Waals surface area contributed by atoms with Crippen molar-refractivity contribution in [2.24, 2.45) is 5.92 Å². The molecule has 19 heteroatoms. The second-order valence-electron chi connectivity index (χ2n) is 30.3. The van der Waals surface area contributed by atoms with Crippen LogP contribution < -0.4 is 0 Å². The Morgan fingerprint density at radius 2 is 0.451 bits per heavy atom. The van der Waals surface area contributed by atoms with Gasteiger partial charge in [0.25, 0.3) is 0 Å². The van der Waals surface area contributed by atoms with Gasteiger partial charge in [-0.05, 0) is 31.6 Å². The van der Waals surface area contributed by atoms with Crippen LogP contribution in [0.1, 0.15) is 446 Å². The number of unbranched alkanes of at least 4 members (excludes halogenated alkanes) is 55. The van der Waals surface area contributed by atoms with Crippen molar-refractivity contribution in [1.29, 1.82) is 0 Å². The standard InChI is InChI=1S/C83H162O17P2/c1-6-9-12-15-18-21-24-27-29-30-34-37-42-47-52-57-62-67-81(86)94-73-79(100-83(88)69-64-59-54-49-44-39-35-31-33-36-40-45-50-55-60-65-76(4)5)75-98-102(91,92)96-71-77(84)70-95-101(89,90)97-74-78(72-93-80(85)66-61-56-51-46-41-26-23-20-17-14-11-8-3)99-82(87)68-63-58-53-48-43-38-32-28-25-22-19-16-13-10-7-2/h76-79,84H,6-75H2,1-5H3,(H,89,90)(H,91,92)/t77-,78+,79+/m0/s1. The molecule has 0 aliphatic rings. The van der Waals surface area contributed by atoms with Crippen LogP contribution in [0.3, 0.4) is 0 Å². The van der Waals surface area contributed by atoms with Gasteiger partial charge in [-0.25, -0.2) is 9.13 Å². The third-order valence-electron chi connectivity index (χ3n) is 19.5. The molecule has 0 bridgehead atoms. The summed E-state index contributed by atoms with van der Waals surface area (Å²) >= 11 is 0. The summed E-state index contributed by atoms with van der Waals surface area (Å²) in [6, 6.07) is 0. The highest BCUT2D eigenvalue weighted by Gasteiger charge is 2.30. The molecule has 0 amide bonds. The van der Waals surface area contributed by atoms with Crippen LogP contribution in [-0.2, 0) is 65.4 Å². The summed E-state index contributed by atoms with van der Waals surface area (Å²) in [5.74, 6) is -1.30. The largest absolute Gasteiger partial charge is 0.472 e. The molecular formula is C83H162O17P2. The highest BCUT2D eigenvalue weighted by molar-refractivity contribution is 7.47. The van der Waals surface area contributed by atoms with Gasteiger partial charge in [-0.3, -0.25) is 37.3 Å². The maximum atomic E-state index is 13.1. The lowest BCUT2D eigenvalue weighted by molar-refractivity contribution is -0.161. The van der Waals surface area contributed by atoms with Gasteiger partial charge < -0.3 is 33.8 Å². The lowest BCUT2D eigenvalue weighted by atomic mass is 10.0. The van der Waals surface area contributed by atoms with Gasteiger partial charge in [0, 0.05) is 25.7 Å². The molecule has 3 N–H and O–H groups in total. The Labute approximate surface area is 626 Å². The topological polar surface area (TPSA) is 237 Å². The summed E-state index contributed by atoms with van der Waals surface area (Å²) in [6.07, 6.45) is 67.8. The van der Waals surface area contributed by atoms with E-state index in [0.717, 1.165) is 95.8 Å². The number of hydrogen-bond donors (Lipinski definition) is 3. The molecule has 0 saturated heterocycles. The number of carbonyl (C=O) groups is 4. The SMILES string of the molecule is CCCCCCCCCCCCCCCCCCCC(=O)OC[C@H](COP(=O)(O)OC[C@@H](O)COP(=O)(O)OC[C@@H](COC(=O)CCCCCCCCCCCCCC)OC(=O)CCCCCCCCCCCCCCCCC)OC(=O)CCCCCCCCCCCCCCCCCC(C)C. The number of esters is 4. The van der Waals surface area contributed by atoms with Crippen molar-refractivity contribution >= 4 is 39.5 Å². The van der Waals surface area contributed by atoms with Crippen molar-refractivity contribution in [1.82, 2.24) is 0 Å². The first kappa shape index (κ1) is 100. The van der Waals surface area contributed by atoms with Crippen molar-refractivity contribution < 1.29 is 80.2 Å². The number of phosphoric acid groups is 2. The molecule has 0 radical (unpaired) electrons. The molecule has 0 spiro atoms. The second kappa shape index (κ2) is 75.9. The van der Waals surface area contributed by atoms with Crippen LogP contribution in [-0.4, -0.2) is 96.7 Å². The molecule has 0 fully saturated rings. The molecule has 5 atom stereocenters. The quantitative estimate of drug-likeness (QED) is 0.0222. The molecule has 0 saturated carbocycles. The fraction of sp³-hybridized carbons (Fsp3) is 0.952. The number of hydrogen-bond acceptors (Lipinski definition) is 15. The van der Waals surface area contributed by atoms with Crippen LogP contribution >= 0.6 is 15.6 Å². The Morgan fingerprint density at radius 3 is 0.667 bits per heavy atom. The van der Waals surface area contributed by atoms with Crippen LogP contribution in [0.25, 0.3) is 0 Å². The first-order chi connectivity index (χ1) is 49.5. The number of aliphatic hydroxyl groups excluding tert-OH is 1. The molecule has 2 unspecified atom stereocenters. The third kappa shape index (κ3) is 76.3. The monoisotopic (exact) mass is 1490 g/mol. The van der Waals surface area contributed by atoms with Crippen molar-refractivity contribution in [3.05, 3.63) is 0 Å². The molecule has 0 heterocycles. The molecular weight excluding hydrogens is 1330 g/mol. The number of aliphatic hydroxyl groups is 1. The van der Waals surface area contributed by atoms with Crippen molar-refractivity contribution in [3.63, 3.8) is 0 Å². The molecule has 0 aromatic heterocycles. The second-order valence-corrected chi connectivity index (χ2v) is 33.3. The highest BCUT2D eigenvalue weighted by Crippen LogP contribution is 2.45. The molecule has 0 rings (SSSR count). The van der Waals surface area contributed by atoms with E-state index in [2.05, 4.69) is 34.6 Å². The van der Waals surface area contributed by atoms with E-state index in [4.69, 9.17) is 37.0 Å². The number of ether oxygens (including phenoxy) is 4. The minimum Gasteiger partial charge on any atom is -0.462 e. The third-order valence-corrected chi connectivity index (χ3v) is 21.4. The Morgan fingerprint density at radius 1 is 0.265 bits per heavy atom. The van der Waals surface area contributed by atoms with Gasteiger partial charge in [-0.2, -0.15) is 0 Å². The van der Waals surface area contributed by atoms with Crippen LogP contribution in [0, 0.1) is 5.92 Å². The smallest absolute Gasteiger partial charge is 0.462 e. The fourth-order valence-electron chi connectivity index (χ4n) is 12.9. The fourth-order valence-corrected chi connectivity index (χ4v) is 14.5. The van der Waals surface area contributed by atoms with E-state index in [0.29, 0.717) is 25.7 Å². The Hall–Kier alpha value is -1.94. The summed E-state index contributed by atoms with van der Waals surface area (Å²) in [4.78, 5) is 73.1. The van der Waals surface area contributed by atoms with E-state index in [1.807, 2.05) is 0 Å². The van der Waals surface area contributed by atoms with Crippen LogP contribution in [0.15, 0.2) is 0 Å². The van der Waals surface area contributed by atoms with Gasteiger partial charge in [0.15, 0.2) is 12.2 Å². The lowest BCUT2D eigenvalue weighted by Gasteiger charge is -2.21. The minimum absolute atomic E-state index is 0.109. The van der Waals surface area contributed by atoms with Gasteiger partial charge in [-0.15, -0.1) is 0 Å². The zero-order valence-electron chi connectivity index (χ0n) is 66.8. The van der Waals surface area contributed by atoms with Gasteiger partial charge in [-0.1, -0.05) is 394 Å². The zero-order chi connectivity index (χ0) is 74.8. The first-order valence-electron chi connectivity index (χ1n) is 43.1. The zero-order valence-corrected chi connectivity index (χ0v) is 68.5. The van der Waals surface area contributed by atoms with Crippen LogP contribution in [0.5, 0.6) is 0 Å². The van der Waals surface area contributed by atoms with E-state index in [1.54, 1.807) is 0 Å². The Kier molecular flexibility index (Phi) is 74.4. The summed E-state index contributed by atoms with van der Waals surface area (Å²) in [7, 11) is -9.92. The van der Waals surface area contributed by atoms with Gasteiger partial charge >= 0.3 is 39.5 Å². The van der Waals surface area contributed by atoms with Gasteiger partial charge in [0.05, 0.1) is 26.4 Å². The molecule has 17 nitrogen and oxygen atoms in total. The molecule has 606 valence electrons. The maximum Gasteiger partial charge on any atom is 0.472 e.